The van der Waals surface area contributed by atoms with Gasteiger partial charge in [-0.25, -0.2) is 4.39 Å². The van der Waals surface area contributed by atoms with Crippen LogP contribution in [0.1, 0.15) is 24.8 Å². The molecule has 1 unspecified atom stereocenters. The van der Waals surface area contributed by atoms with Crippen molar-refractivity contribution < 1.29 is 18.7 Å². The van der Waals surface area contributed by atoms with E-state index < -0.39 is 0 Å². The van der Waals surface area contributed by atoms with Crippen LogP contribution >= 0.6 is 0 Å². The monoisotopic (exact) mass is 375 g/mol. The second-order valence-electron chi connectivity index (χ2n) is 7.50. The lowest BCUT2D eigenvalue weighted by Gasteiger charge is -2.37. The van der Waals surface area contributed by atoms with Crippen molar-refractivity contribution in [3.8, 4) is 0 Å². The molecule has 146 valence electrons. The predicted molar refractivity (Wildman–Crippen MR) is 99.1 cm³/mol. The molecule has 3 aliphatic heterocycles. The molecule has 2 saturated heterocycles. The highest BCUT2D eigenvalue weighted by atomic mass is 19.1. The Morgan fingerprint density at radius 3 is 2.67 bits per heavy atom. The third-order valence-electron chi connectivity index (χ3n) is 5.72. The zero-order chi connectivity index (χ0) is 18.8. The van der Waals surface area contributed by atoms with E-state index in [1.807, 2.05) is 11.0 Å². The molecule has 4 rings (SSSR count). The van der Waals surface area contributed by atoms with E-state index in [0.717, 1.165) is 31.2 Å². The molecule has 1 aromatic rings. The van der Waals surface area contributed by atoms with E-state index in [0.29, 0.717) is 45.0 Å². The number of piperazine rings is 1. The Bertz CT molecular complexity index is 712. The third-order valence-corrected chi connectivity index (χ3v) is 5.72. The Morgan fingerprint density at radius 1 is 1.11 bits per heavy atom. The van der Waals surface area contributed by atoms with E-state index in [1.54, 1.807) is 11.0 Å². The minimum Gasteiger partial charge on any atom is -0.368 e. The zero-order valence-corrected chi connectivity index (χ0v) is 15.5. The van der Waals surface area contributed by atoms with Crippen molar-refractivity contribution >= 4 is 17.5 Å². The number of anilines is 1. The number of hydrogen-bond acceptors (Lipinski definition) is 4. The highest BCUT2D eigenvalue weighted by Crippen LogP contribution is 2.30. The normalized spacial score (nSPS) is 23.4. The molecule has 1 atom stereocenters. The number of amides is 2. The fourth-order valence-corrected chi connectivity index (χ4v) is 4.23. The fourth-order valence-electron chi connectivity index (χ4n) is 4.23. The van der Waals surface area contributed by atoms with Gasteiger partial charge in [-0.15, -0.1) is 0 Å². The number of hydrogen-bond donors (Lipinski definition) is 0. The molecular formula is C20H26FN3O3. The van der Waals surface area contributed by atoms with Crippen LogP contribution in [0.15, 0.2) is 18.2 Å². The first-order valence-corrected chi connectivity index (χ1v) is 9.84. The van der Waals surface area contributed by atoms with Gasteiger partial charge in [0.1, 0.15) is 11.9 Å². The lowest BCUT2D eigenvalue weighted by molar-refractivity contribution is -0.142. The Labute approximate surface area is 158 Å². The average Bonchev–Trinajstić information content (AvgIpc) is 3.22. The van der Waals surface area contributed by atoms with Gasteiger partial charge >= 0.3 is 0 Å². The van der Waals surface area contributed by atoms with Gasteiger partial charge in [-0.1, -0.05) is 12.1 Å². The Kier molecular flexibility index (Phi) is 5.41. The molecule has 0 bridgehead atoms. The molecule has 2 fully saturated rings. The largest absolute Gasteiger partial charge is 0.368 e. The first-order valence-electron chi connectivity index (χ1n) is 9.84. The first-order chi connectivity index (χ1) is 13.1. The minimum atomic E-state index is -0.326. The van der Waals surface area contributed by atoms with Crippen molar-refractivity contribution in [2.45, 2.75) is 31.8 Å². The third kappa shape index (κ3) is 3.84. The maximum atomic E-state index is 14.3. The smallest absolute Gasteiger partial charge is 0.251 e. The van der Waals surface area contributed by atoms with Crippen molar-refractivity contribution in [3.63, 3.8) is 0 Å². The van der Waals surface area contributed by atoms with E-state index >= 15 is 0 Å². The Hall–Kier alpha value is -1.99. The van der Waals surface area contributed by atoms with Gasteiger partial charge < -0.3 is 14.5 Å². The van der Waals surface area contributed by atoms with Crippen molar-refractivity contribution in [1.29, 1.82) is 0 Å². The lowest BCUT2D eigenvalue weighted by atomic mass is 10.0. The molecule has 0 N–H and O–H groups in total. The van der Waals surface area contributed by atoms with Gasteiger partial charge in [0.25, 0.3) is 5.91 Å². The molecule has 0 aromatic heterocycles. The molecule has 2 amide bonds. The van der Waals surface area contributed by atoms with E-state index in [9.17, 15) is 14.0 Å². The second-order valence-corrected chi connectivity index (χ2v) is 7.50. The summed E-state index contributed by atoms with van der Waals surface area (Å²) in [5.74, 6) is -0.321. The highest BCUT2D eigenvalue weighted by Gasteiger charge is 2.32. The molecule has 27 heavy (non-hydrogen) atoms. The molecule has 1 aromatic carbocycles. The molecule has 0 radical (unpaired) electrons. The van der Waals surface area contributed by atoms with Crippen LogP contribution in [0.25, 0.3) is 0 Å². The number of nitrogens with zero attached hydrogens (tertiary/aromatic N) is 3. The summed E-state index contributed by atoms with van der Waals surface area (Å²) in [6, 6.07) is 5.01. The molecule has 6 nitrogen and oxygen atoms in total. The van der Waals surface area contributed by atoms with Crippen molar-refractivity contribution in [2.75, 3.05) is 50.8 Å². The number of carbonyl (C=O) groups excluding carboxylic acids is 2. The molecular weight excluding hydrogens is 349 g/mol. The lowest BCUT2D eigenvalue weighted by Crippen LogP contribution is -2.53. The summed E-state index contributed by atoms with van der Waals surface area (Å²) in [5, 5.41) is 0. The highest BCUT2D eigenvalue weighted by molar-refractivity contribution is 5.96. The summed E-state index contributed by atoms with van der Waals surface area (Å²) in [6.45, 7) is 4.01. The molecule has 3 aliphatic rings. The summed E-state index contributed by atoms with van der Waals surface area (Å²) < 4.78 is 19.8. The van der Waals surface area contributed by atoms with Crippen LogP contribution in [0.3, 0.4) is 0 Å². The predicted octanol–water partition coefficient (Wildman–Crippen LogP) is 1.43. The molecule has 0 saturated carbocycles. The number of halogens is 1. The summed E-state index contributed by atoms with van der Waals surface area (Å²) in [4.78, 5) is 30.7. The van der Waals surface area contributed by atoms with Gasteiger partial charge in [-0.2, -0.15) is 0 Å². The van der Waals surface area contributed by atoms with E-state index in [4.69, 9.17) is 4.74 Å². The summed E-state index contributed by atoms with van der Waals surface area (Å²) in [5.41, 5.74) is 1.35. The van der Waals surface area contributed by atoms with Gasteiger partial charge in [0, 0.05) is 39.3 Å². The van der Waals surface area contributed by atoms with Crippen LogP contribution in [0.4, 0.5) is 10.1 Å². The van der Waals surface area contributed by atoms with Crippen LogP contribution in [-0.2, 0) is 20.7 Å². The van der Waals surface area contributed by atoms with Crippen LogP contribution in [-0.4, -0.2) is 73.6 Å². The number of aryl methyl sites for hydroxylation is 1. The molecule has 0 spiro atoms. The Balaban J connectivity index is 1.33. The maximum absolute atomic E-state index is 14.3. The van der Waals surface area contributed by atoms with Gasteiger partial charge in [0.2, 0.25) is 5.91 Å². The van der Waals surface area contributed by atoms with Crippen molar-refractivity contribution in [2.24, 2.45) is 0 Å². The minimum absolute atomic E-state index is 0.0695. The average molecular weight is 375 g/mol. The standard InChI is InChI=1S/C20H26FN3O3/c21-16-6-1-4-15-5-2-8-24(19(15)16)18(25)14-22-9-11-23(12-10-22)20(26)17-7-3-13-27-17/h1,4,6,17H,2-3,5,7-14H2. The maximum Gasteiger partial charge on any atom is 0.251 e. The van der Waals surface area contributed by atoms with Crippen molar-refractivity contribution in [1.82, 2.24) is 9.80 Å². The quantitative estimate of drug-likeness (QED) is 0.802. The molecule has 3 heterocycles. The fraction of sp³-hybridized carbons (Fsp3) is 0.600. The topological polar surface area (TPSA) is 53.1 Å². The zero-order valence-electron chi connectivity index (χ0n) is 15.5. The number of para-hydroxylation sites is 1. The summed E-state index contributed by atoms with van der Waals surface area (Å²) >= 11 is 0. The van der Waals surface area contributed by atoms with Gasteiger partial charge in [-0.05, 0) is 37.3 Å². The number of carbonyl (C=O) groups is 2. The Morgan fingerprint density at radius 2 is 1.93 bits per heavy atom. The van der Waals surface area contributed by atoms with E-state index in [1.165, 1.54) is 6.07 Å². The van der Waals surface area contributed by atoms with Gasteiger partial charge in [-0.3, -0.25) is 14.5 Å². The van der Waals surface area contributed by atoms with Gasteiger partial charge in [0.15, 0.2) is 0 Å². The van der Waals surface area contributed by atoms with E-state index in [-0.39, 0.29) is 30.3 Å². The number of rotatable bonds is 3. The van der Waals surface area contributed by atoms with Gasteiger partial charge in [0.05, 0.1) is 12.2 Å². The van der Waals surface area contributed by atoms with E-state index in [2.05, 4.69) is 4.90 Å². The number of ether oxygens (including phenoxy) is 1. The van der Waals surface area contributed by atoms with Crippen LogP contribution in [0, 0.1) is 5.82 Å². The SMILES string of the molecule is O=C(C1CCCO1)N1CCN(CC(=O)N2CCCc3cccc(F)c32)CC1. The van der Waals surface area contributed by atoms with Crippen LogP contribution < -0.4 is 4.90 Å². The van der Waals surface area contributed by atoms with Crippen LogP contribution in [0.2, 0.25) is 0 Å². The molecule has 7 heteroatoms. The molecule has 0 aliphatic carbocycles. The second kappa shape index (κ2) is 7.94. The summed E-state index contributed by atoms with van der Waals surface area (Å²) in [7, 11) is 0. The first kappa shape index (κ1) is 18.4. The summed E-state index contributed by atoms with van der Waals surface area (Å²) in [6.07, 6.45) is 3.12. The van der Waals surface area contributed by atoms with Crippen LogP contribution in [0.5, 0.6) is 0 Å². The number of benzene rings is 1. The number of fused-ring (bicyclic) bond motifs is 1. The van der Waals surface area contributed by atoms with Crippen molar-refractivity contribution in [3.05, 3.63) is 29.6 Å².